The fraction of sp³-hybridized carbons (Fsp3) is 0.227. The zero-order valence-electron chi connectivity index (χ0n) is 14.9. The van der Waals surface area contributed by atoms with Crippen LogP contribution in [0.5, 0.6) is 0 Å². The molecule has 0 N–H and O–H groups in total. The van der Waals surface area contributed by atoms with E-state index in [0.717, 1.165) is 11.3 Å². The molecule has 0 saturated heterocycles. The summed E-state index contributed by atoms with van der Waals surface area (Å²) in [5.74, 6) is 0. The number of nitrogens with zero attached hydrogens (tertiary/aromatic N) is 2. The summed E-state index contributed by atoms with van der Waals surface area (Å²) in [5.41, 5.74) is 9.76. The highest BCUT2D eigenvalue weighted by Crippen LogP contribution is 2.35. The van der Waals surface area contributed by atoms with Gasteiger partial charge in [0, 0.05) is 16.5 Å². The largest absolute Gasteiger partial charge is 0.293 e. The highest BCUT2D eigenvalue weighted by Gasteiger charge is 2.17. The molecule has 0 radical (unpaired) electrons. The molecule has 0 saturated carbocycles. The van der Waals surface area contributed by atoms with Crippen LogP contribution >= 0.6 is 0 Å². The molecule has 24 heavy (non-hydrogen) atoms. The van der Waals surface area contributed by atoms with Crippen LogP contribution in [-0.2, 0) is 0 Å². The number of pyridine rings is 1. The zero-order chi connectivity index (χ0) is 17.0. The van der Waals surface area contributed by atoms with E-state index in [9.17, 15) is 0 Å². The third-order valence-corrected chi connectivity index (χ3v) is 4.81. The van der Waals surface area contributed by atoms with Gasteiger partial charge in [-0.2, -0.15) is 0 Å². The van der Waals surface area contributed by atoms with Crippen LogP contribution < -0.4 is 0 Å². The van der Waals surface area contributed by atoms with Crippen LogP contribution in [0, 0.1) is 34.6 Å². The molecule has 0 bridgehead atoms. The van der Waals surface area contributed by atoms with Crippen LogP contribution in [0.1, 0.15) is 27.9 Å². The van der Waals surface area contributed by atoms with Crippen molar-refractivity contribution in [1.82, 2.24) is 9.55 Å². The molecule has 0 spiro atoms. The third kappa shape index (κ3) is 2.06. The van der Waals surface area contributed by atoms with Crippen molar-refractivity contribution < 1.29 is 0 Å². The van der Waals surface area contributed by atoms with Crippen LogP contribution in [0.25, 0.3) is 27.6 Å². The summed E-state index contributed by atoms with van der Waals surface area (Å²) >= 11 is 0. The quantitative estimate of drug-likeness (QED) is 0.439. The lowest BCUT2D eigenvalue weighted by Crippen LogP contribution is -2.02. The Bertz CT molecular complexity index is 1080. The molecule has 4 aromatic rings. The minimum atomic E-state index is 1.06. The lowest BCUT2D eigenvalue weighted by molar-refractivity contribution is 1.07. The summed E-state index contributed by atoms with van der Waals surface area (Å²) < 4.78 is 2.34. The molecular formula is C22H22N2. The first-order chi connectivity index (χ1) is 11.5. The van der Waals surface area contributed by atoms with Crippen molar-refractivity contribution in [3.8, 4) is 5.69 Å². The first kappa shape index (κ1) is 14.9. The van der Waals surface area contributed by atoms with Gasteiger partial charge in [-0.3, -0.25) is 4.57 Å². The Balaban J connectivity index is 2.27. The molecule has 0 fully saturated rings. The van der Waals surface area contributed by atoms with Gasteiger partial charge in [0.15, 0.2) is 0 Å². The van der Waals surface area contributed by atoms with E-state index in [-0.39, 0.29) is 0 Å². The SMILES string of the molecule is Cc1cc(C)c(-n2c3ccccc3c3c(C)cc(C)nc32)c(C)c1. The van der Waals surface area contributed by atoms with Crippen LogP contribution in [-0.4, -0.2) is 9.55 Å². The summed E-state index contributed by atoms with van der Waals surface area (Å²) in [6.45, 7) is 10.8. The molecule has 0 amide bonds. The number of rotatable bonds is 1. The van der Waals surface area contributed by atoms with Crippen LogP contribution in [0.4, 0.5) is 0 Å². The van der Waals surface area contributed by atoms with Gasteiger partial charge in [-0.15, -0.1) is 0 Å². The maximum atomic E-state index is 4.92. The smallest absolute Gasteiger partial charge is 0.146 e. The Morgan fingerprint density at radius 1 is 0.792 bits per heavy atom. The molecule has 2 heteroatoms. The Hall–Kier alpha value is -2.61. The average molecular weight is 314 g/mol. The molecule has 0 aliphatic rings. The van der Waals surface area contributed by atoms with Gasteiger partial charge in [0.2, 0.25) is 0 Å². The number of para-hydroxylation sites is 1. The second kappa shape index (κ2) is 5.20. The highest BCUT2D eigenvalue weighted by molar-refractivity contribution is 6.09. The first-order valence-electron chi connectivity index (χ1n) is 8.43. The normalized spacial score (nSPS) is 11.5. The van der Waals surface area contributed by atoms with Gasteiger partial charge in [0.05, 0.1) is 11.2 Å². The monoisotopic (exact) mass is 314 g/mol. The summed E-state index contributed by atoms with van der Waals surface area (Å²) in [4.78, 5) is 4.92. The average Bonchev–Trinajstić information content (AvgIpc) is 2.81. The number of hydrogen-bond donors (Lipinski definition) is 0. The standard InChI is InChI=1S/C22H22N2/c1-13-10-15(3)21(16(4)11-13)24-19-9-7-6-8-18(19)20-14(2)12-17(5)23-22(20)24/h6-12H,1-5H3. The van der Waals surface area contributed by atoms with Gasteiger partial charge in [-0.25, -0.2) is 4.98 Å². The van der Waals surface area contributed by atoms with E-state index in [4.69, 9.17) is 4.98 Å². The molecular weight excluding hydrogens is 292 g/mol. The maximum Gasteiger partial charge on any atom is 0.146 e. The van der Waals surface area contributed by atoms with Crippen molar-refractivity contribution in [2.45, 2.75) is 34.6 Å². The van der Waals surface area contributed by atoms with Crippen LogP contribution in [0.3, 0.4) is 0 Å². The lowest BCUT2D eigenvalue weighted by atomic mass is 10.0. The Morgan fingerprint density at radius 2 is 1.46 bits per heavy atom. The van der Waals surface area contributed by atoms with Crippen molar-refractivity contribution in [2.75, 3.05) is 0 Å². The van der Waals surface area contributed by atoms with Gasteiger partial charge in [-0.05, 0) is 63.4 Å². The van der Waals surface area contributed by atoms with E-state index >= 15 is 0 Å². The van der Waals surface area contributed by atoms with Gasteiger partial charge >= 0.3 is 0 Å². The van der Waals surface area contributed by atoms with E-state index in [1.54, 1.807) is 0 Å². The number of aryl methyl sites for hydroxylation is 5. The molecule has 0 aliphatic carbocycles. The second-order valence-electron chi connectivity index (χ2n) is 6.88. The van der Waals surface area contributed by atoms with Gasteiger partial charge in [0.25, 0.3) is 0 Å². The Morgan fingerprint density at radius 3 is 2.17 bits per heavy atom. The molecule has 0 aliphatic heterocycles. The van der Waals surface area contributed by atoms with Crippen molar-refractivity contribution in [3.05, 3.63) is 70.4 Å². The maximum absolute atomic E-state index is 4.92. The molecule has 2 heterocycles. The minimum absolute atomic E-state index is 1.06. The first-order valence-corrected chi connectivity index (χ1v) is 8.43. The second-order valence-corrected chi connectivity index (χ2v) is 6.88. The highest BCUT2D eigenvalue weighted by atomic mass is 15.1. The van der Waals surface area contributed by atoms with Crippen LogP contribution in [0.2, 0.25) is 0 Å². The number of aromatic nitrogens is 2. The van der Waals surface area contributed by atoms with Crippen molar-refractivity contribution in [3.63, 3.8) is 0 Å². The van der Waals surface area contributed by atoms with Crippen molar-refractivity contribution in [2.24, 2.45) is 0 Å². The van der Waals surface area contributed by atoms with Gasteiger partial charge < -0.3 is 0 Å². The molecule has 2 nitrogen and oxygen atoms in total. The molecule has 2 aromatic heterocycles. The van der Waals surface area contributed by atoms with Crippen molar-refractivity contribution >= 4 is 21.9 Å². The summed E-state index contributed by atoms with van der Waals surface area (Å²) in [6.07, 6.45) is 0. The molecule has 0 unspecified atom stereocenters. The molecule has 120 valence electrons. The topological polar surface area (TPSA) is 17.8 Å². The minimum Gasteiger partial charge on any atom is -0.293 e. The van der Waals surface area contributed by atoms with E-state index in [1.807, 2.05) is 0 Å². The summed E-state index contributed by atoms with van der Waals surface area (Å²) in [7, 11) is 0. The predicted molar refractivity (Wildman–Crippen MR) is 102 cm³/mol. The molecule has 0 atom stereocenters. The molecule has 4 rings (SSSR count). The fourth-order valence-electron chi connectivity index (χ4n) is 4.06. The van der Waals surface area contributed by atoms with E-state index < -0.39 is 0 Å². The summed E-state index contributed by atoms with van der Waals surface area (Å²) in [6, 6.07) is 15.3. The zero-order valence-corrected chi connectivity index (χ0v) is 14.9. The molecule has 2 aromatic carbocycles. The number of benzene rings is 2. The Kier molecular flexibility index (Phi) is 3.24. The van der Waals surface area contributed by atoms with Gasteiger partial charge in [0.1, 0.15) is 5.65 Å². The lowest BCUT2D eigenvalue weighted by Gasteiger charge is -2.15. The fourth-order valence-corrected chi connectivity index (χ4v) is 4.06. The van der Waals surface area contributed by atoms with Gasteiger partial charge in [-0.1, -0.05) is 35.9 Å². The van der Waals surface area contributed by atoms with E-state index in [0.29, 0.717) is 0 Å². The summed E-state index contributed by atoms with van der Waals surface area (Å²) in [5, 5.41) is 2.53. The number of hydrogen-bond acceptors (Lipinski definition) is 1. The number of fused-ring (bicyclic) bond motifs is 3. The van der Waals surface area contributed by atoms with Crippen LogP contribution in [0.15, 0.2) is 42.5 Å². The predicted octanol–water partition coefficient (Wildman–Crippen LogP) is 5.72. The third-order valence-electron chi connectivity index (χ3n) is 4.81. The van der Waals surface area contributed by atoms with E-state index in [2.05, 4.69) is 81.7 Å². The van der Waals surface area contributed by atoms with E-state index in [1.165, 1.54) is 44.2 Å². The Labute approximate surface area is 142 Å². The van der Waals surface area contributed by atoms with Crippen molar-refractivity contribution in [1.29, 1.82) is 0 Å².